The van der Waals surface area contributed by atoms with Crippen LogP contribution in [0.5, 0.6) is 0 Å². The van der Waals surface area contributed by atoms with Gasteiger partial charge in [0.05, 0.1) is 23.2 Å². The first-order chi connectivity index (χ1) is 13.8. The van der Waals surface area contributed by atoms with E-state index in [1.807, 2.05) is 16.8 Å². The van der Waals surface area contributed by atoms with E-state index in [1.54, 1.807) is 6.33 Å². The summed E-state index contributed by atoms with van der Waals surface area (Å²) >= 11 is 0. The topological polar surface area (TPSA) is 88.1 Å². The number of aromatic nitrogens is 6. The molecule has 0 bridgehead atoms. The second-order valence-electron chi connectivity index (χ2n) is 7.75. The molecule has 1 saturated carbocycles. The Morgan fingerprint density at radius 3 is 3.00 bits per heavy atom. The average molecular weight is 375 g/mol. The first-order valence-corrected chi connectivity index (χ1v) is 9.85. The lowest BCUT2D eigenvalue weighted by molar-refractivity contribution is 0.333. The number of hydrogen-bond acceptors (Lipinski definition) is 6. The van der Waals surface area contributed by atoms with E-state index in [2.05, 4.69) is 44.1 Å². The molecule has 28 heavy (non-hydrogen) atoms. The van der Waals surface area contributed by atoms with Gasteiger partial charge in [0, 0.05) is 30.8 Å². The number of rotatable bonds is 3. The molecule has 8 heteroatoms. The maximum absolute atomic E-state index is 6.10. The van der Waals surface area contributed by atoms with Crippen molar-refractivity contribution < 1.29 is 4.42 Å². The van der Waals surface area contributed by atoms with Crippen molar-refractivity contribution in [2.75, 3.05) is 11.4 Å². The van der Waals surface area contributed by atoms with Crippen LogP contribution in [0.1, 0.15) is 59.8 Å². The van der Waals surface area contributed by atoms with Gasteiger partial charge in [-0.25, -0.2) is 9.50 Å². The minimum Gasteiger partial charge on any atom is -0.408 e. The number of H-pyrrole nitrogens is 1. The van der Waals surface area contributed by atoms with E-state index in [1.165, 1.54) is 12.0 Å². The van der Waals surface area contributed by atoms with Crippen molar-refractivity contribution in [2.24, 2.45) is 0 Å². The number of imidazole rings is 1. The molecule has 6 rings (SSSR count). The number of aromatic amines is 1. The molecule has 1 N–H and O–H groups in total. The zero-order valence-corrected chi connectivity index (χ0v) is 15.7. The van der Waals surface area contributed by atoms with Gasteiger partial charge in [-0.15, -0.1) is 5.10 Å². The highest BCUT2D eigenvalue weighted by Crippen LogP contribution is 2.39. The van der Waals surface area contributed by atoms with Gasteiger partial charge in [0.15, 0.2) is 0 Å². The Morgan fingerprint density at radius 1 is 1.25 bits per heavy atom. The summed E-state index contributed by atoms with van der Waals surface area (Å²) < 4.78 is 8.03. The second kappa shape index (κ2) is 5.92. The molecular formula is C20H21N7O. The van der Waals surface area contributed by atoms with Gasteiger partial charge in [0.2, 0.25) is 5.89 Å². The lowest BCUT2D eigenvalue weighted by Gasteiger charge is -2.32. The van der Waals surface area contributed by atoms with Crippen LogP contribution in [-0.4, -0.2) is 36.3 Å². The predicted molar refractivity (Wildman–Crippen MR) is 102 cm³/mol. The van der Waals surface area contributed by atoms with Crippen LogP contribution in [0.15, 0.2) is 35.1 Å². The van der Waals surface area contributed by atoms with Gasteiger partial charge in [-0.2, -0.15) is 5.10 Å². The van der Waals surface area contributed by atoms with Gasteiger partial charge in [-0.3, -0.25) is 0 Å². The van der Waals surface area contributed by atoms with Crippen molar-refractivity contribution in [3.05, 3.63) is 59.3 Å². The van der Waals surface area contributed by atoms with E-state index in [0.29, 0.717) is 11.9 Å². The van der Waals surface area contributed by atoms with Crippen LogP contribution in [0, 0.1) is 6.92 Å². The highest BCUT2D eigenvalue weighted by atomic mass is 16.4. The fourth-order valence-electron chi connectivity index (χ4n) is 4.25. The largest absolute Gasteiger partial charge is 0.408 e. The molecule has 142 valence electrons. The number of nitrogens with one attached hydrogen (secondary N) is 1. The fourth-order valence-corrected chi connectivity index (χ4v) is 4.25. The van der Waals surface area contributed by atoms with Crippen LogP contribution in [-0.2, 0) is 6.42 Å². The Hall–Kier alpha value is -3.16. The minimum atomic E-state index is -0.149. The van der Waals surface area contributed by atoms with Gasteiger partial charge in [0.25, 0.3) is 0 Å². The number of anilines is 1. The van der Waals surface area contributed by atoms with E-state index in [0.717, 1.165) is 54.3 Å². The Morgan fingerprint density at radius 2 is 2.18 bits per heavy atom. The van der Waals surface area contributed by atoms with E-state index in [-0.39, 0.29) is 6.04 Å². The summed E-state index contributed by atoms with van der Waals surface area (Å²) in [5.74, 6) is 1.18. The lowest BCUT2D eigenvalue weighted by atomic mass is 9.85. The van der Waals surface area contributed by atoms with Crippen molar-refractivity contribution in [2.45, 2.75) is 44.6 Å². The molecule has 4 aromatic rings. The molecule has 4 aromatic heterocycles. The van der Waals surface area contributed by atoms with E-state index in [4.69, 9.17) is 9.52 Å². The van der Waals surface area contributed by atoms with E-state index >= 15 is 0 Å². The van der Waals surface area contributed by atoms with Crippen LogP contribution in [0.3, 0.4) is 0 Å². The van der Waals surface area contributed by atoms with Gasteiger partial charge in [0.1, 0.15) is 6.04 Å². The number of fused-ring (bicyclic) bond motifs is 2. The molecule has 0 saturated heterocycles. The van der Waals surface area contributed by atoms with Gasteiger partial charge >= 0.3 is 6.01 Å². The van der Waals surface area contributed by atoms with Gasteiger partial charge < -0.3 is 14.3 Å². The van der Waals surface area contributed by atoms with Crippen molar-refractivity contribution in [3.8, 4) is 0 Å². The van der Waals surface area contributed by atoms with Crippen LogP contribution < -0.4 is 4.90 Å². The maximum atomic E-state index is 6.10. The molecule has 1 aliphatic carbocycles. The summed E-state index contributed by atoms with van der Waals surface area (Å²) in [6, 6.07) is 6.67. The Labute approximate surface area is 161 Å². The minimum absolute atomic E-state index is 0.149. The van der Waals surface area contributed by atoms with Crippen molar-refractivity contribution in [1.82, 2.24) is 29.8 Å². The maximum Gasteiger partial charge on any atom is 0.319 e. The van der Waals surface area contributed by atoms with Crippen LogP contribution in [0.4, 0.5) is 6.01 Å². The highest BCUT2D eigenvalue weighted by molar-refractivity contribution is 5.56. The normalized spacial score (nSPS) is 19.8. The number of aryl methyl sites for hydroxylation is 1. The molecule has 2 aliphatic rings. The molecule has 0 spiro atoms. The Bertz CT molecular complexity index is 1150. The highest BCUT2D eigenvalue weighted by Gasteiger charge is 2.36. The predicted octanol–water partition coefficient (Wildman–Crippen LogP) is 3.17. The summed E-state index contributed by atoms with van der Waals surface area (Å²) in [7, 11) is 0. The smallest absolute Gasteiger partial charge is 0.319 e. The van der Waals surface area contributed by atoms with Gasteiger partial charge in [-0.05, 0) is 37.5 Å². The lowest BCUT2D eigenvalue weighted by Crippen LogP contribution is -2.37. The molecule has 0 aromatic carbocycles. The number of pyridine rings is 1. The SMILES string of the molecule is Cc1cccn2nc(C3c4nc[nH]c4CCN3c3nnc(C4CCC4)o3)cc12. The number of nitrogens with zero attached hydrogens (tertiary/aromatic N) is 6. The third-order valence-corrected chi connectivity index (χ3v) is 6.07. The zero-order chi connectivity index (χ0) is 18.7. The molecule has 0 radical (unpaired) electrons. The first kappa shape index (κ1) is 15.9. The molecular weight excluding hydrogens is 354 g/mol. The quantitative estimate of drug-likeness (QED) is 0.592. The van der Waals surface area contributed by atoms with E-state index in [9.17, 15) is 0 Å². The summed E-state index contributed by atoms with van der Waals surface area (Å²) in [4.78, 5) is 10.0. The third-order valence-electron chi connectivity index (χ3n) is 6.07. The molecule has 1 unspecified atom stereocenters. The van der Waals surface area contributed by atoms with Gasteiger partial charge in [-0.1, -0.05) is 17.6 Å². The average Bonchev–Trinajstić information content (AvgIpc) is 3.38. The molecule has 0 amide bonds. The standard InChI is InChI=1S/C20H21N7O/c1-12-4-3-8-27-16(12)10-15(25-27)18-17-14(21-11-22-17)7-9-26(18)20-24-23-19(28-20)13-5-2-6-13/h3-4,8,10-11,13,18H,2,5-7,9H2,1H3,(H,21,22). The monoisotopic (exact) mass is 375 g/mol. The Kier molecular flexibility index (Phi) is 3.35. The second-order valence-corrected chi connectivity index (χ2v) is 7.75. The van der Waals surface area contributed by atoms with Crippen molar-refractivity contribution in [3.63, 3.8) is 0 Å². The summed E-state index contributed by atoms with van der Waals surface area (Å²) in [5, 5.41) is 13.6. The summed E-state index contributed by atoms with van der Waals surface area (Å²) in [6.45, 7) is 2.88. The molecule has 8 nitrogen and oxygen atoms in total. The first-order valence-electron chi connectivity index (χ1n) is 9.85. The summed E-state index contributed by atoms with van der Waals surface area (Å²) in [6.07, 6.45) is 8.12. The van der Waals surface area contributed by atoms with Crippen LogP contribution >= 0.6 is 0 Å². The third kappa shape index (κ3) is 2.30. The fraction of sp³-hybridized carbons (Fsp3) is 0.400. The van der Waals surface area contributed by atoms with Crippen molar-refractivity contribution >= 4 is 11.5 Å². The molecule has 1 aliphatic heterocycles. The molecule has 1 fully saturated rings. The zero-order valence-electron chi connectivity index (χ0n) is 15.7. The van der Waals surface area contributed by atoms with Crippen LogP contribution in [0.25, 0.3) is 5.52 Å². The molecule has 5 heterocycles. The van der Waals surface area contributed by atoms with Crippen molar-refractivity contribution in [1.29, 1.82) is 0 Å². The molecule has 1 atom stereocenters. The summed E-state index contributed by atoms with van der Waals surface area (Å²) in [5.41, 5.74) is 5.35. The van der Waals surface area contributed by atoms with E-state index < -0.39 is 0 Å². The van der Waals surface area contributed by atoms with Crippen LogP contribution in [0.2, 0.25) is 0 Å². The Balaban J connectivity index is 1.46. The number of hydrogen-bond donors (Lipinski definition) is 1.